The summed E-state index contributed by atoms with van der Waals surface area (Å²) in [6.45, 7) is 0. The van der Waals surface area contributed by atoms with Crippen LogP contribution < -0.4 is 4.74 Å². The van der Waals surface area contributed by atoms with Gasteiger partial charge in [-0.2, -0.15) is 15.4 Å². The van der Waals surface area contributed by atoms with E-state index in [1.54, 1.807) is 0 Å². The molecule has 14 heavy (non-hydrogen) atoms. The van der Waals surface area contributed by atoms with Crippen molar-refractivity contribution in [3.05, 3.63) is 18.2 Å². The number of terminal acetylenes is 1. The van der Waals surface area contributed by atoms with Gasteiger partial charge in [-0.25, -0.2) is 0 Å². The molecule has 1 aromatic carbocycles. The molecule has 5 heteroatoms. The van der Waals surface area contributed by atoms with Gasteiger partial charge in [0.1, 0.15) is 5.52 Å². The van der Waals surface area contributed by atoms with Crippen molar-refractivity contribution in [2.75, 3.05) is 0 Å². The average molecular weight is 299 g/mol. The summed E-state index contributed by atoms with van der Waals surface area (Å²) in [5.41, 5.74) is 1.47. The van der Waals surface area contributed by atoms with E-state index in [0.29, 0.717) is 11.3 Å². The second-order valence-electron chi connectivity index (χ2n) is 2.55. The molecule has 0 aliphatic carbocycles. The fourth-order valence-electron chi connectivity index (χ4n) is 1.08. The molecule has 0 bridgehead atoms. The van der Waals surface area contributed by atoms with E-state index in [0.717, 1.165) is 5.52 Å². The molecule has 0 spiro atoms. The minimum atomic E-state index is -0.296. The van der Waals surface area contributed by atoms with Crippen molar-refractivity contribution in [2.45, 2.75) is 4.11 Å². The van der Waals surface area contributed by atoms with Crippen LogP contribution >= 0.6 is 22.6 Å². The predicted octanol–water partition coefficient (Wildman–Crippen LogP) is 1.73. The first-order valence-electron chi connectivity index (χ1n) is 3.87. The summed E-state index contributed by atoms with van der Waals surface area (Å²) in [6.07, 6.45) is 5.21. The lowest BCUT2D eigenvalue weighted by atomic mass is 10.3. The molecule has 0 aliphatic heterocycles. The van der Waals surface area contributed by atoms with Crippen LogP contribution in [-0.4, -0.2) is 19.5 Å². The highest BCUT2D eigenvalue weighted by atomic mass is 127. The summed E-state index contributed by atoms with van der Waals surface area (Å²) in [4.78, 5) is 0. The Morgan fingerprint density at radius 1 is 1.50 bits per heavy atom. The maximum Gasteiger partial charge on any atom is 0.209 e. The van der Waals surface area contributed by atoms with Gasteiger partial charge in [-0.05, 0) is 34.7 Å². The fraction of sp³-hybridized carbons (Fsp3) is 0.111. The van der Waals surface area contributed by atoms with Crippen molar-refractivity contribution in [3.63, 3.8) is 0 Å². The number of hydrogen-bond donors (Lipinski definition) is 1. The Kier molecular flexibility index (Phi) is 2.54. The van der Waals surface area contributed by atoms with Gasteiger partial charge in [-0.1, -0.05) is 12.0 Å². The van der Waals surface area contributed by atoms with Crippen LogP contribution in [0.5, 0.6) is 5.75 Å². The Hall–Kier alpha value is -1.29. The van der Waals surface area contributed by atoms with Crippen LogP contribution in [0.25, 0.3) is 11.0 Å². The van der Waals surface area contributed by atoms with Crippen LogP contribution in [0, 0.1) is 12.3 Å². The second-order valence-corrected chi connectivity index (χ2v) is 3.68. The molecule has 1 N–H and O–H groups in total. The van der Waals surface area contributed by atoms with E-state index in [9.17, 15) is 0 Å². The molecule has 1 atom stereocenters. The van der Waals surface area contributed by atoms with E-state index >= 15 is 0 Å². The predicted molar refractivity (Wildman–Crippen MR) is 61.2 cm³/mol. The van der Waals surface area contributed by atoms with Crippen molar-refractivity contribution in [1.29, 1.82) is 0 Å². The fourth-order valence-corrected chi connectivity index (χ4v) is 1.36. The quantitative estimate of drug-likeness (QED) is 0.522. The number of halogens is 1. The summed E-state index contributed by atoms with van der Waals surface area (Å²) in [7, 11) is 0. The number of H-pyrrole nitrogens is 1. The van der Waals surface area contributed by atoms with Gasteiger partial charge < -0.3 is 4.74 Å². The third-order valence-electron chi connectivity index (χ3n) is 1.67. The van der Waals surface area contributed by atoms with Crippen LogP contribution in [0.1, 0.15) is 0 Å². The van der Waals surface area contributed by atoms with E-state index in [1.807, 2.05) is 40.8 Å². The zero-order valence-corrected chi connectivity index (χ0v) is 9.22. The molecule has 2 aromatic rings. The van der Waals surface area contributed by atoms with Crippen molar-refractivity contribution < 1.29 is 4.74 Å². The number of benzene rings is 1. The van der Waals surface area contributed by atoms with Crippen LogP contribution in [-0.2, 0) is 0 Å². The van der Waals surface area contributed by atoms with Crippen LogP contribution in [0.4, 0.5) is 0 Å². The molecule has 1 heterocycles. The number of rotatable bonds is 2. The standard InChI is InChI=1S/C9H6IN3O/c1-2-8(10)14-7-5-3-4-6-9(7)12-13-11-6/h1,3-5,8H,(H,11,12,13). The molecule has 2 rings (SSSR count). The highest BCUT2D eigenvalue weighted by Crippen LogP contribution is 2.23. The molecular formula is C9H6IN3O. The number of nitrogens with zero attached hydrogens (tertiary/aromatic N) is 2. The van der Waals surface area contributed by atoms with Gasteiger partial charge >= 0.3 is 0 Å². The number of alkyl halides is 1. The molecule has 0 aliphatic rings. The summed E-state index contributed by atoms with van der Waals surface area (Å²) in [5, 5.41) is 10.5. The van der Waals surface area contributed by atoms with Crippen LogP contribution in [0.15, 0.2) is 18.2 Å². The zero-order chi connectivity index (χ0) is 9.97. The van der Waals surface area contributed by atoms with E-state index in [1.165, 1.54) is 0 Å². The SMILES string of the molecule is C#CC(I)Oc1cccc2n[nH]nc12. The summed E-state index contributed by atoms with van der Waals surface area (Å²) in [5.74, 6) is 3.12. The van der Waals surface area contributed by atoms with Gasteiger partial charge in [-0.3, -0.25) is 0 Å². The first kappa shape index (κ1) is 9.27. The topological polar surface area (TPSA) is 50.8 Å². The van der Waals surface area contributed by atoms with E-state index in [4.69, 9.17) is 11.2 Å². The molecule has 0 saturated carbocycles. The number of ether oxygens (including phenoxy) is 1. The molecule has 70 valence electrons. The maximum absolute atomic E-state index is 5.46. The third kappa shape index (κ3) is 1.65. The molecule has 0 amide bonds. The van der Waals surface area contributed by atoms with Crippen molar-refractivity contribution in [1.82, 2.24) is 15.4 Å². The van der Waals surface area contributed by atoms with Crippen molar-refractivity contribution in [2.24, 2.45) is 0 Å². The van der Waals surface area contributed by atoms with E-state index in [2.05, 4.69) is 21.3 Å². The zero-order valence-electron chi connectivity index (χ0n) is 7.07. The van der Waals surface area contributed by atoms with E-state index in [-0.39, 0.29) is 4.11 Å². The largest absolute Gasteiger partial charge is 0.466 e. The molecule has 1 aromatic heterocycles. The number of aromatic nitrogens is 3. The minimum absolute atomic E-state index is 0.296. The highest BCUT2D eigenvalue weighted by molar-refractivity contribution is 14.1. The molecule has 1 unspecified atom stereocenters. The van der Waals surface area contributed by atoms with Gasteiger partial charge in [0.2, 0.25) is 4.11 Å². The van der Waals surface area contributed by atoms with E-state index < -0.39 is 0 Å². The highest BCUT2D eigenvalue weighted by Gasteiger charge is 2.08. The molecular weight excluding hydrogens is 293 g/mol. The van der Waals surface area contributed by atoms with Gasteiger partial charge in [-0.15, -0.1) is 6.42 Å². The number of fused-ring (bicyclic) bond motifs is 1. The minimum Gasteiger partial charge on any atom is -0.466 e. The Morgan fingerprint density at radius 2 is 2.36 bits per heavy atom. The van der Waals surface area contributed by atoms with Gasteiger partial charge in [0.05, 0.1) is 0 Å². The van der Waals surface area contributed by atoms with Gasteiger partial charge in [0, 0.05) is 0 Å². The third-order valence-corrected chi connectivity index (χ3v) is 2.29. The number of para-hydroxylation sites is 1. The first-order chi connectivity index (χ1) is 6.81. The Balaban J connectivity index is 2.42. The van der Waals surface area contributed by atoms with Gasteiger partial charge in [0.25, 0.3) is 0 Å². The van der Waals surface area contributed by atoms with Crippen LogP contribution in [0.3, 0.4) is 0 Å². The van der Waals surface area contributed by atoms with Crippen LogP contribution in [0.2, 0.25) is 0 Å². The Morgan fingerprint density at radius 3 is 3.14 bits per heavy atom. The molecule has 0 radical (unpaired) electrons. The Bertz CT molecular complexity index is 488. The smallest absolute Gasteiger partial charge is 0.209 e. The van der Waals surface area contributed by atoms with Gasteiger partial charge in [0.15, 0.2) is 11.3 Å². The first-order valence-corrected chi connectivity index (χ1v) is 5.12. The second kappa shape index (κ2) is 3.84. The number of nitrogens with one attached hydrogen (secondary N) is 1. The molecule has 0 fully saturated rings. The number of aromatic amines is 1. The normalized spacial score (nSPS) is 12.3. The molecule has 4 nitrogen and oxygen atoms in total. The monoisotopic (exact) mass is 299 g/mol. The summed E-state index contributed by atoms with van der Waals surface area (Å²) >= 11 is 2.02. The Labute approximate surface area is 94.2 Å². The average Bonchev–Trinajstić information content (AvgIpc) is 2.66. The summed E-state index contributed by atoms with van der Waals surface area (Å²) in [6, 6.07) is 5.51. The summed E-state index contributed by atoms with van der Waals surface area (Å²) < 4.78 is 5.17. The lowest BCUT2D eigenvalue weighted by Crippen LogP contribution is -2.04. The van der Waals surface area contributed by atoms with Crippen molar-refractivity contribution in [3.8, 4) is 18.1 Å². The lowest BCUT2D eigenvalue weighted by molar-refractivity contribution is 0.358. The lowest BCUT2D eigenvalue weighted by Gasteiger charge is -2.06. The molecule has 0 saturated heterocycles. The number of hydrogen-bond acceptors (Lipinski definition) is 3. The van der Waals surface area contributed by atoms with Crippen molar-refractivity contribution >= 4 is 33.6 Å². The maximum atomic E-state index is 5.46.